The van der Waals surface area contributed by atoms with Gasteiger partial charge in [0.25, 0.3) is 0 Å². The van der Waals surface area contributed by atoms with Crippen molar-refractivity contribution in [2.24, 2.45) is 0 Å². The second kappa shape index (κ2) is 8.16. The fraction of sp³-hybridized carbons (Fsp3) is 0.688. The topological polar surface area (TPSA) is 34.1 Å². The Morgan fingerprint density at radius 3 is 2.68 bits per heavy atom. The van der Waals surface area contributed by atoms with E-state index in [1.54, 1.807) is 6.20 Å². The van der Waals surface area contributed by atoms with Gasteiger partial charge in [0.2, 0.25) is 0 Å². The van der Waals surface area contributed by atoms with Crippen LogP contribution in [0.2, 0.25) is 0 Å². The molecule has 0 bridgehead atoms. The third-order valence-electron chi connectivity index (χ3n) is 2.92. The summed E-state index contributed by atoms with van der Waals surface area (Å²) in [5.41, 5.74) is 1.24. The zero-order valence-corrected chi connectivity index (χ0v) is 12.8. The van der Waals surface area contributed by atoms with Crippen molar-refractivity contribution in [2.75, 3.05) is 6.61 Å². The molecule has 0 saturated heterocycles. The van der Waals surface area contributed by atoms with Gasteiger partial charge in [0.05, 0.1) is 6.61 Å². The Bertz CT molecular complexity index is 358. The number of hydrogen-bond donors (Lipinski definition) is 1. The van der Waals surface area contributed by atoms with Crippen LogP contribution in [-0.2, 0) is 6.54 Å². The minimum Gasteiger partial charge on any atom is -0.493 e. The molecule has 0 unspecified atom stereocenters. The molecule has 1 heterocycles. The first kappa shape index (κ1) is 16.0. The summed E-state index contributed by atoms with van der Waals surface area (Å²) in [6.07, 6.45) is 8.61. The third-order valence-corrected chi connectivity index (χ3v) is 2.92. The van der Waals surface area contributed by atoms with Crippen molar-refractivity contribution in [1.82, 2.24) is 10.3 Å². The first-order valence-electron chi connectivity index (χ1n) is 7.33. The molecule has 3 nitrogen and oxygen atoms in total. The van der Waals surface area contributed by atoms with Crippen LogP contribution in [0.15, 0.2) is 18.5 Å². The normalized spacial score (nSPS) is 11.6. The summed E-state index contributed by atoms with van der Waals surface area (Å²) >= 11 is 0. The lowest BCUT2D eigenvalue weighted by molar-refractivity contribution is 0.299. The number of nitrogens with zero attached hydrogens (tertiary/aromatic N) is 1. The van der Waals surface area contributed by atoms with Gasteiger partial charge in [-0.15, -0.1) is 0 Å². The Balaban J connectivity index is 2.44. The smallest absolute Gasteiger partial charge is 0.126 e. The Morgan fingerprint density at radius 2 is 2.00 bits per heavy atom. The zero-order chi connectivity index (χ0) is 14.1. The molecular formula is C16H28N2O. The van der Waals surface area contributed by atoms with E-state index in [-0.39, 0.29) is 5.54 Å². The molecule has 108 valence electrons. The molecule has 0 aliphatic heterocycles. The lowest BCUT2D eigenvalue weighted by Crippen LogP contribution is -2.35. The summed E-state index contributed by atoms with van der Waals surface area (Å²) in [7, 11) is 0. The molecule has 0 radical (unpaired) electrons. The van der Waals surface area contributed by atoms with Gasteiger partial charge in [-0.3, -0.25) is 4.98 Å². The first-order valence-corrected chi connectivity index (χ1v) is 7.33. The van der Waals surface area contributed by atoms with Crippen molar-refractivity contribution in [3.63, 3.8) is 0 Å². The third kappa shape index (κ3) is 7.16. The van der Waals surface area contributed by atoms with Crippen molar-refractivity contribution in [1.29, 1.82) is 0 Å². The van der Waals surface area contributed by atoms with Gasteiger partial charge in [0.1, 0.15) is 5.75 Å². The summed E-state index contributed by atoms with van der Waals surface area (Å²) in [6.45, 7) is 10.3. The molecule has 3 heteroatoms. The Hall–Kier alpha value is -1.09. The van der Waals surface area contributed by atoms with Crippen molar-refractivity contribution in [3.8, 4) is 5.75 Å². The summed E-state index contributed by atoms with van der Waals surface area (Å²) in [5, 5.41) is 3.47. The Labute approximate surface area is 117 Å². The zero-order valence-electron chi connectivity index (χ0n) is 12.8. The fourth-order valence-electron chi connectivity index (χ4n) is 1.76. The van der Waals surface area contributed by atoms with Gasteiger partial charge in [-0.2, -0.15) is 0 Å². The maximum atomic E-state index is 5.87. The van der Waals surface area contributed by atoms with Crippen LogP contribution in [0.1, 0.15) is 58.9 Å². The molecule has 1 aromatic rings. The van der Waals surface area contributed by atoms with E-state index in [1.807, 2.05) is 12.3 Å². The van der Waals surface area contributed by atoms with Crippen molar-refractivity contribution in [3.05, 3.63) is 24.0 Å². The van der Waals surface area contributed by atoms with E-state index < -0.39 is 0 Å². The van der Waals surface area contributed by atoms with Gasteiger partial charge in [-0.1, -0.05) is 26.2 Å². The van der Waals surface area contributed by atoms with Gasteiger partial charge < -0.3 is 10.1 Å². The van der Waals surface area contributed by atoms with Crippen molar-refractivity contribution < 1.29 is 4.74 Å². The summed E-state index contributed by atoms with van der Waals surface area (Å²) < 4.78 is 5.87. The molecule has 0 aliphatic carbocycles. The SMILES string of the molecule is CCCCCCOc1ccncc1CNC(C)(C)C. The molecule has 1 rings (SSSR count). The maximum absolute atomic E-state index is 5.87. The number of nitrogens with one attached hydrogen (secondary N) is 1. The summed E-state index contributed by atoms with van der Waals surface area (Å²) in [4.78, 5) is 4.18. The lowest BCUT2D eigenvalue weighted by atomic mass is 10.1. The fourth-order valence-corrected chi connectivity index (χ4v) is 1.76. The van der Waals surface area contributed by atoms with Crippen LogP contribution < -0.4 is 10.1 Å². The molecule has 0 aliphatic rings. The number of pyridine rings is 1. The molecule has 0 spiro atoms. The van der Waals surface area contributed by atoms with Crippen LogP contribution in [0.5, 0.6) is 5.75 Å². The number of rotatable bonds is 8. The summed E-state index contributed by atoms with van der Waals surface area (Å²) in [6, 6.07) is 1.96. The molecule has 0 aromatic carbocycles. The largest absolute Gasteiger partial charge is 0.493 e. The van der Waals surface area contributed by atoms with Crippen LogP contribution in [0, 0.1) is 0 Å². The molecular weight excluding hydrogens is 236 g/mol. The van der Waals surface area contributed by atoms with E-state index in [4.69, 9.17) is 4.74 Å². The number of ether oxygens (including phenoxy) is 1. The minimum absolute atomic E-state index is 0.105. The highest BCUT2D eigenvalue weighted by atomic mass is 16.5. The number of aromatic nitrogens is 1. The monoisotopic (exact) mass is 264 g/mol. The van der Waals surface area contributed by atoms with Crippen LogP contribution in [0.4, 0.5) is 0 Å². The predicted octanol–water partition coefficient (Wildman–Crippen LogP) is 3.93. The molecule has 1 aromatic heterocycles. The molecule has 0 fully saturated rings. The summed E-state index contributed by atoms with van der Waals surface area (Å²) in [5.74, 6) is 0.961. The second-order valence-electron chi connectivity index (χ2n) is 6.00. The molecule has 0 saturated carbocycles. The van der Waals surface area contributed by atoms with Gasteiger partial charge in [0, 0.05) is 30.0 Å². The van der Waals surface area contributed by atoms with E-state index in [9.17, 15) is 0 Å². The van der Waals surface area contributed by atoms with Crippen LogP contribution in [-0.4, -0.2) is 17.1 Å². The molecule has 1 N–H and O–H groups in total. The Morgan fingerprint density at radius 1 is 1.21 bits per heavy atom. The van der Waals surface area contributed by atoms with E-state index in [0.29, 0.717) is 0 Å². The highest BCUT2D eigenvalue weighted by Crippen LogP contribution is 2.18. The van der Waals surface area contributed by atoms with Gasteiger partial charge in [-0.25, -0.2) is 0 Å². The van der Waals surface area contributed by atoms with E-state index in [1.165, 1.54) is 19.3 Å². The standard InChI is InChI=1S/C16H28N2O/c1-5-6-7-8-11-19-15-9-10-17-12-14(15)13-18-16(2,3)4/h9-10,12,18H,5-8,11,13H2,1-4H3. The van der Waals surface area contributed by atoms with Gasteiger partial charge in [-0.05, 0) is 33.3 Å². The number of unbranched alkanes of at least 4 members (excludes halogenated alkanes) is 3. The van der Waals surface area contributed by atoms with Crippen molar-refractivity contribution in [2.45, 2.75) is 65.5 Å². The molecule has 0 atom stereocenters. The van der Waals surface area contributed by atoms with E-state index >= 15 is 0 Å². The Kier molecular flexibility index (Phi) is 6.85. The van der Waals surface area contributed by atoms with Gasteiger partial charge in [0.15, 0.2) is 0 Å². The lowest BCUT2D eigenvalue weighted by Gasteiger charge is -2.21. The van der Waals surface area contributed by atoms with Crippen LogP contribution in [0.3, 0.4) is 0 Å². The highest BCUT2D eigenvalue weighted by molar-refractivity contribution is 5.30. The first-order chi connectivity index (χ1) is 9.03. The van der Waals surface area contributed by atoms with Crippen LogP contribution in [0.25, 0.3) is 0 Å². The average molecular weight is 264 g/mol. The van der Waals surface area contributed by atoms with Gasteiger partial charge >= 0.3 is 0 Å². The van der Waals surface area contributed by atoms with E-state index in [2.05, 4.69) is 38.0 Å². The average Bonchev–Trinajstić information content (AvgIpc) is 2.36. The molecule has 19 heavy (non-hydrogen) atoms. The van der Waals surface area contributed by atoms with E-state index in [0.717, 1.165) is 30.9 Å². The quantitative estimate of drug-likeness (QED) is 0.722. The maximum Gasteiger partial charge on any atom is 0.126 e. The van der Waals surface area contributed by atoms with Crippen molar-refractivity contribution >= 4 is 0 Å². The van der Waals surface area contributed by atoms with Crippen LogP contribution >= 0.6 is 0 Å². The number of hydrogen-bond acceptors (Lipinski definition) is 3. The molecule has 0 amide bonds. The second-order valence-corrected chi connectivity index (χ2v) is 6.00. The predicted molar refractivity (Wildman–Crippen MR) is 80.5 cm³/mol. The minimum atomic E-state index is 0.105. The highest BCUT2D eigenvalue weighted by Gasteiger charge is 2.10.